The Morgan fingerprint density at radius 1 is 1.29 bits per heavy atom. The van der Waals surface area contributed by atoms with Gasteiger partial charge in [-0.25, -0.2) is 18.4 Å². The number of halogens is 2. The number of rotatable bonds is 1. The zero-order valence-corrected chi connectivity index (χ0v) is 6.98. The van der Waals surface area contributed by atoms with Gasteiger partial charge in [-0.05, 0) is 0 Å². The molecule has 0 amide bonds. The fourth-order valence-corrected chi connectivity index (χ4v) is 1.03. The largest absolute Gasteiger partial charge is 0.396 e. The molecule has 0 saturated heterocycles. The summed E-state index contributed by atoms with van der Waals surface area (Å²) in [7, 11) is 0. The van der Waals surface area contributed by atoms with Crippen molar-refractivity contribution >= 4 is 5.69 Å². The molecule has 2 heterocycles. The molecule has 0 spiro atoms. The van der Waals surface area contributed by atoms with Crippen molar-refractivity contribution in [1.82, 2.24) is 14.8 Å². The highest BCUT2D eigenvalue weighted by Gasteiger charge is 2.08. The van der Waals surface area contributed by atoms with Crippen molar-refractivity contribution < 1.29 is 8.78 Å². The van der Waals surface area contributed by atoms with Gasteiger partial charge in [-0.2, -0.15) is 5.10 Å². The van der Waals surface area contributed by atoms with E-state index in [1.165, 1.54) is 12.4 Å². The van der Waals surface area contributed by atoms with Crippen molar-refractivity contribution in [2.24, 2.45) is 0 Å². The molecule has 2 N–H and O–H groups in total. The van der Waals surface area contributed by atoms with E-state index in [1.807, 2.05) is 0 Å². The van der Waals surface area contributed by atoms with Crippen LogP contribution in [0.1, 0.15) is 0 Å². The fourth-order valence-electron chi connectivity index (χ4n) is 1.03. The summed E-state index contributed by atoms with van der Waals surface area (Å²) in [5.74, 6) is -1.59. The lowest BCUT2D eigenvalue weighted by Crippen LogP contribution is -2.02. The Kier molecular flexibility index (Phi) is 1.88. The first-order valence-electron chi connectivity index (χ1n) is 3.78. The van der Waals surface area contributed by atoms with Gasteiger partial charge in [0.05, 0.1) is 24.3 Å². The van der Waals surface area contributed by atoms with E-state index in [0.717, 1.165) is 16.9 Å². The Balaban J connectivity index is 2.52. The molecule has 0 aliphatic carbocycles. The third kappa shape index (κ3) is 1.41. The van der Waals surface area contributed by atoms with E-state index in [-0.39, 0.29) is 5.82 Å². The van der Waals surface area contributed by atoms with E-state index < -0.39 is 11.6 Å². The molecule has 4 nitrogen and oxygen atoms in total. The predicted octanol–water partition coefficient (Wildman–Crippen LogP) is 1.13. The standard InChI is InChI=1S/C8H6F2N4/c9-5-1-7(10)8(12-2-5)14-4-6(11)3-13-14/h1-4H,11H2. The van der Waals surface area contributed by atoms with Gasteiger partial charge in [0.1, 0.15) is 5.82 Å². The maximum absolute atomic E-state index is 13.1. The average molecular weight is 196 g/mol. The summed E-state index contributed by atoms with van der Waals surface area (Å²) in [6.07, 6.45) is 3.66. The maximum Gasteiger partial charge on any atom is 0.189 e. The number of anilines is 1. The fraction of sp³-hybridized carbons (Fsp3) is 0. The van der Waals surface area contributed by atoms with Crippen LogP contribution in [-0.4, -0.2) is 14.8 Å². The second-order valence-electron chi connectivity index (χ2n) is 2.68. The number of pyridine rings is 1. The van der Waals surface area contributed by atoms with Gasteiger partial charge in [-0.1, -0.05) is 0 Å². The third-order valence-corrected chi connectivity index (χ3v) is 1.61. The quantitative estimate of drug-likeness (QED) is 0.743. The summed E-state index contributed by atoms with van der Waals surface area (Å²) < 4.78 is 26.8. The molecule has 14 heavy (non-hydrogen) atoms. The monoisotopic (exact) mass is 196 g/mol. The van der Waals surface area contributed by atoms with E-state index in [9.17, 15) is 8.78 Å². The first-order chi connectivity index (χ1) is 6.66. The lowest BCUT2D eigenvalue weighted by atomic mass is 10.4. The number of hydrogen-bond acceptors (Lipinski definition) is 3. The van der Waals surface area contributed by atoms with E-state index >= 15 is 0 Å². The minimum atomic E-state index is -0.784. The lowest BCUT2D eigenvalue weighted by Gasteiger charge is -2.00. The van der Waals surface area contributed by atoms with Gasteiger partial charge < -0.3 is 5.73 Å². The summed E-state index contributed by atoms with van der Waals surface area (Å²) in [5, 5.41) is 3.74. The van der Waals surface area contributed by atoms with E-state index in [0.29, 0.717) is 5.69 Å². The van der Waals surface area contributed by atoms with Crippen LogP contribution in [0, 0.1) is 11.6 Å². The molecular formula is C8H6F2N4. The number of aromatic nitrogens is 3. The van der Waals surface area contributed by atoms with Crippen molar-refractivity contribution in [2.45, 2.75) is 0 Å². The van der Waals surface area contributed by atoms with Crippen LogP contribution in [0.5, 0.6) is 0 Å². The average Bonchev–Trinajstić information content (AvgIpc) is 2.51. The Hall–Kier alpha value is -1.98. The van der Waals surface area contributed by atoms with Gasteiger partial charge in [-0.15, -0.1) is 0 Å². The van der Waals surface area contributed by atoms with Gasteiger partial charge in [0.25, 0.3) is 0 Å². The molecule has 0 aliphatic rings. The van der Waals surface area contributed by atoms with Crippen LogP contribution in [0.4, 0.5) is 14.5 Å². The third-order valence-electron chi connectivity index (χ3n) is 1.61. The van der Waals surface area contributed by atoms with Crippen LogP contribution in [0.15, 0.2) is 24.7 Å². The normalized spacial score (nSPS) is 10.4. The number of nitrogens with two attached hydrogens (primary N) is 1. The summed E-state index contributed by atoms with van der Waals surface area (Å²) >= 11 is 0. The Bertz CT molecular complexity index is 466. The number of nitrogens with zero attached hydrogens (tertiary/aromatic N) is 3. The van der Waals surface area contributed by atoms with E-state index in [4.69, 9.17) is 5.73 Å². The van der Waals surface area contributed by atoms with Crippen LogP contribution >= 0.6 is 0 Å². The second kappa shape index (κ2) is 3.06. The molecule has 0 radical (unpaired) electrons. The summed E-state index contributed by atoms with van der Waals surface area (Å²) in [6.45, 7) is 0. The zero-order chi connectivity index (χ0) is 10.1. The lowest BCUT2D eigenvalue weighted by molar-refractivity contribution is 0.560. The van der Waals surface area contributed by atoms with Crippen LogP contribution in [-0.2, 0) is 0 Å². The number of hydrogen-bond donors (Lipinski definition) is 1. The van der Waals surface area contributed by atoms with Crippen LogP contribution in [0.2, 0.25) is 0 Å². The molecular weight excluding hydrogens is 190 g/mol. The Morgan fingerprint density at radius 2 is 2.07 bits per heavy atom. The minimum Gasteiger partial charge on any atom is -0.396 e. The predicted molar refractivity (Wildman–Crippen MR) is 45.7 cm³/mol. The topological polar surface area (TPSA) is 56.7 Å². The molecule has 0 unspecified atom stereocenters. The molecule has 2 rings (SSSR count). The van der Waals surface area contributed by atoms with Gasteiger partial charge >= 0.3 is 0 Å². The molecule has 0 saturated carbocycles. The van der Waals surface area contributed by atoms with Crippen molar-refractivity contribution in [3.63, 3.8) is 0 Å². The smallest absolute Gasteiger partial charge is 0.189 e. The maximum atomic E-state index is 13.1. The van der Waals surface area contributed by atoms with Gasteiger partial charge in [-0.3, -0.25) is 0 Å². The second-order valence-corrected chi connectivity index (χ2v) is 2.68. The van der Waals surface area contributed by atoms with Crippen LogP contribution in [0.25, 0.3) is 5.82 Å². The highest BCUT2D eigenvalue weighted by molar-refractivity contribution is 5.35. The van der Waals surface area contributed by atoms with Crippen molar-refractivity contribution in [2.75, 3.05) is 5.73 Å². The molecule has 0 aromatic carbocycles. The molecule has 72 valence electrons. The molecule has 0 fully saturated rings. The van der Waals surface area contributed by atoms with E-state index in [1.54, 1.807) is 0 Å². The minimum absolute atomic E-state index is 0.0805. The Morgan fingerprint density at radius 3 is 2.64 bits per heavy atom. The van der Waals surface area contributed by atoms with Gasteiger partial charge in [0, 0.05) is 6.07 Å². The molecule has 6 heteroatoms. The Labute approximate surface area is 78.0 Å². The molecule has 2 aromatic rings. The summed E-state index contributed by atoms with van der Waals surface area (Å²) in [6, 6.07) is 0.736. The van der Waals surface area contributed by atoms with Gasteiger partial charge in [0.15, 0.2) is 11.6 Å². The van der Waals surface area contributed by atoms with Gasteiger partial charge in [0.2, 0.25) is 0 Å². The summed E-state index contributed by atoms with van der Waals surface area (Å²) in [4.78, 5) is 3.56. The first-order valence-corrected chi connectivity index (χ1v) is 3.78. The van der Waals surface area contributed by atoms with Crippen molar-refractivity contribution in [3.8, 4) is 5.82 Å². The van der Waals surface area contributed by atoms with Crippen LogP contribution in [0.3, 0.4) is 0 Å². The molecule has 2 aromatic heterocycles. The van der Waals surface area contributed by atoms with Crippen molar-refractivity contribution in [1.29, 1.82) is 0 Å². The number of nitrogen functional groups attached to an aromatic ring is 1. The van der Waals surface area contributed by atoms with E-state index in [2.05, 4.69) is 10.1 Å². The first kappa shape index (κ1) is 8.61. The van der Waals surface area contributed by atoms with Crippen LogP contribution < -0.4 is 5.73 Å². The molecule has 0 atom stereocenters. The highest BCUT2D eigenvalue weighted by Crippen LogP contribution is 2.11. The summed E-state index contributed by atoms with van der Waals surface area (Å²) in [5.41, 5.74) is 5.77. The van der Waals surface area contributed by atoms with Crippen molar-refractivity contribution in [3.05, 3.63) is 36.3 Å². The zero-order valence-electron chi connectivity index (χ0n) is 6.98. The molecule has 0 bridgehead atoms. The SMILES string of the molecule is Nc1cnn(-c2ncc(F)cc2F)c1. The molecule has 0 aliphatic heterocycles. The highest BCUT2D eigenvalue weighted by atomic mass is 19.1.